The number of aliphatic carboxylic acids is 1. The maximum atomic E-state index is 12.5. The lowest BCUT2D eigenvalue weighted by Crippen LogP contribution is -2.52. The Kier molecular flexibility index (Phi) is 3.69. The van der Waals surface area contributed by atoms with Crippen LogP contribution in [0.5, 0.6) is 0 Å². The molecule has 1 unspecified atom stereocenters. The van der Waals surface area contributed by atoms with Crippen molar-refractivity contribution in [3.63, 3.8) is 0 Å². The van der Waals surface area contributed by atoms with Crippen LogP contribution in [0.2, 0.25) is 0 Å². The van der Waals surface area contributed by atoms with Gasteiger partial charge in [-0.05, 0) is 24.3 Å². The van der Waals surface area contributed by atoms with Gasteiger partial charge >= 0.3 is 5.97 Å². The molecule has 1 aliphatic rings. The fraction of sp³-hybridized carbons (Fsp3) is 0.286. The Morgan fingerprint density at radius 3 is 2.95 bits per heavy atom. The largest absolute Gasteiger partial charge is 0.480 e. The zero-order valence-electron chi connectivity index (χ0n) is 11.0. The molecule has 2 aromatic rings. The molecule has 0 radical (unpaired) electrons. The number of benzene rings is 1. The van der Waals surface area contributed by atoms with Crippen LogP contribution >= 0.6 is 15.9 Å². The highest BCUT2D eigenvalue weighted by Crippen LogP contribution is 2.22. The number of nitrogens with one attached hydrogen (secondary N) is 1. The highest BCUT2D eigenvalue weighted by atomic mass is 79.9. The van der Waals surface area contributed by atoms with E-state index in [4.69, 9.17) is 4.74 Å². The third kappa shape index (κ3) is 2.66. The van der Waals surface area contributed by atoms with Crippen LogP contribution in [0.1, 0.15) is 10.5 Å². The first-order valence-electron chi connectivity index (χ1n) is 6.46. The minimum atomic E-state index is -1.05. The molecule has 1 saturated heterocycles. The summed E-state index contributed by atoms with van der Waals surface area (Å²) in [6.07, 6.45) is 0. The van der Waals surface area contributed by atoms with Gasteiger partial charge in [0.25, 0.3) is 5.91 Å². The number of aromatic amines is 1. The van der Waals surface area contributed by atoms with Crippen LogP contribution in [0.15, 0.2) is 28.7 Å². The first-order valence-corrected chi connectivity index (χ1v) is 7.25. The lowest BCUT2D eigenvalue weighted by Gasteiger charge is -2.32. The van der Waals surface area contributed by atoms with Crippen molar-refractivity contribution >= 4 is 38.7 Å². The Bertz CT molecular complexity index is 712. The van der Waals surface area contributed by atoms with Gasteiger partial charge in [0.1, 0.15) is 5.69 Å². The van der Waals surface area contributed by atoms with Gasteiger partial charge in [-0.1, -0.05) is 15.9 Å². The average molecular weight is 353 g/mol. The molecule has 110 valence electrons. The van der Waals surface area contributed by atoms with E-state index in [9.17, 15) is 14.7 Å². The summed E-state index contributed by atoms with van der Waals surface area (Å²) in [7, 11) is 0. The van der Waals surface area contributed by atoms with Gasteiger partial charge in [0.15, 0.2) is 6.04 Å². The van der Waals surface area contributed by atoms with Gasteiger partial charge < -0.3 is 19.7 Å². The number of morpholine rings is 1. The number of carbonyl (C=O) groups excluding carboxylic acids is 1. The van der Waals surface area contributed by atoms with E-state index in [1.54, 1.807) is 6.07 Å². The van der Waals surface area contributed by atoms with Crippen molar-refractivity contribution in [3.05, 3.63) is 34.4 Å². The number of rotatable bonds is 2. The molecule has 21 heavy (non-hydrogen) atoms. The second-order valence-electron chi connectivity index (χ2n) is 4.84. The van der Waals surface area contributed by atoms with Crippen molar-refractivity contribution in [2.75, 3.05) is 19.8 Å². The van der Waals surface area contributed by atoms with Gasteiger partial charge in [-0.2, -0.15) is 0 Å². The Balaban J connectivity index is 1.93. The van der Waals surface area contributed by atoms with Crippen LogP contribution in [0, 0.1) is 0 Å². The standard InChI is InChI=1S/C14H13BrN2O4/c15-9-1-2-10-8(5-9)6-11(16-10)13(18)17-3-4-21-7-12(17)14(19)20/h1-2,5-6,12,16H,3-4,7H2,(H,19,20). The van der Waals surface area contributed by atoms with Crippen molar-refractivity contribution in [3.8, 4) is 0 Å². The molecule has 6 nitrogen and oxygen atoms in total. The lowest BCUT2D eigenvalue weighted by atomic mass is 10.2. The molecule has 0 bridgehead atoms. The molecule has 0 saturated carbocycles. The molecule has 2 heterocycles. The molecule has 1 aliphatic heterocycles. The quantitative estimate of drug-likeness (QED) is 0.863. The molecule has 1 aromatic carbocycles. The number of hydrogen-bond donors (Lipinski definition) is 2. The molecular formula is C14H13BrN2O4. The Morgan fingerprint density at radius 2 is 2.19 bits per heavy atom. The Labute approximate surface area is 128 Å². The summed E-state index contributed by atoms with van der Waals surface area (Å²) in [6, 6.07) is 6.43. The van der Waals surface area contributed by atoms with Gasteiger partial charge in [0.2, 0.25) is 0 Å². The van der Waals surface area contributed by atoms with E-state index in [0.29, 0.717) is 12.3 Å². The van der Waals surface area contributed by atoms with E-state index < -0.39 is 12.0 Å². The maximum absolute atomic E-state index is 12.5. The van der Waals surface area contributed by atoms with Crippen molar-refractivity contribution < 1.29 is 19.4 Å². The fourth-order valence-corrected chi connectivity index (χ4v) is 2.80. The Morgan fingerprint density at radius 1 is 1.38 bits per heavy atom. The molecule has 3 rings (SSSR count). The van der Waals surface area contributed by atoms with Crippen LogP contribution in [0.4, 0.5) is 0 Å². The van der Waals surface area contributed by atoms with Crippen LogP contribution in [-0.2, 0) is 9.53 Å². The monoisotopic (exact) mass is 352 g/mol. The number of aromatic nitrogens is 1. The third-order valence-electron chi connectivity index (χ3n) is 3.49. The van der Waals surface area contributed by atoms with E-state index in [0.717, 1.165) is 15.4 Å². The van der Waals surface area contributed by atoms with Gasteiger partial charge in [0, 0.05) is 21.9 Å². The van der Waals surface area contributed by atoms with Crippen LogP contribution in [-0.4, -0.2) is 52.7 Å². The summed E-state index contributed by atoms with van der Waals surface area (Å²) < 4.78 is 6.06. The van der Waals surface area contributed by atoms with E-state index in [-0.39, 0.29) is 19.1 Å². The number of nitrogens with zero attached hydrogens (tertiary/aromatic N) is 1. The summed E-state index contributed by atoms with van der Waals surface area (Å²) in [6.45, 7) is 0.642. The number of carboxylic acid groups (broad SMARTS) is 1. The summed E-state index contributed by atoms with van der Waals surface area (Å²) in [5.74, 6) is -1.38. The van der Waals surface area contributed by atoms with Crippen LogP contribution in [0.25, 0.3) is 10.9 Å². The maximum Gasteiger partial charge on any atom is 0.328 e. The molecule has 1 fully saturated rings. The number of amides is 1. The summed E-state index contributed by atoms with van der Waals surface area (Å²) in [5.41, 5.74) is 1.22. The van der Waals surface area contributed by atoms with Gasteiger partial charge in [0.05, 0.1) is 13.2 Å². The molecule has 1 aromatic heterocycles. The number of halogens is 1. The van der Waals surface area contributed by atoms with Crippen molar-refractivity contribution in [2.24, 2.45) is 0 Å². The second-order valence-corrected chi connectivity index (χ2v) is 5.76. The minimum Gasteiger partial charge on any atom is -0.480 e. The number of carbonyl (C=O) groups is 2. The number of carboxylic acids is 1. The summed E-state index contributed by atoms with van der Waals surface area (Å²) >= 11 is 3.38. The fourth-order valence-electron chi connectivity index (χ4n) is 2.42. The smallest absolute Gasteiger partial charge is 0.328 e. The summed E-state index contributed by atoms with van der Waals surface area (Å²) in [5, 5.41) is 10.1. The van der Waals surface area contributed by atoms with E-state index in [1.165, 1.54) is 4.90 Å². The summed E-state index contributed by atoms with van der Waals surface area (Å²) in [4.78, 5) is 28.1. The average Bonchev–Trinajstić information content (AvgIpc) is 2.89. The Hall–Kier alpha value is -1.86. The molecule has 2 N–H and O–H groups in total. The first kappa shape index (κ1) is 14.1. The second kappa shape index (κ2) is 5.50. The van der Waals surface area contributed by atoms with E-state index >= 15 is 0 Å². The van der Waals surface area contributed by atoms with Gasteiger partial charge in [-0.15, -0.1) is 0 Å². The lowest BCUT2D eigenvalue weighted by molar-refractivity contribution is -0.147. The molecule has 1 atom stereocenters. The van der Waals surface area contributed by atoms with E-state index in [2.05, 4.69) is 20.9 Å². The molecule has 0 aliphatic carbocycles. The predicted molar refractivity (Wildman–Crippen MR) is 79.3 cm³/mol. The van der Waals surface area contributed by atoms with Crippen LogP contribution in [0.3, 0.4) is 0 Å². The zero-order valence-corrected chi connectivity index (χ0v) is 12.6. The molecule has 7 heteroatoms. The SMILES string of the molecule is O=C(O)C1COCCN1C(=O)c1cc2cc(Br)ccc2[nH]1. The number of fused-ring (bicyclic) bond motifs is 1. The molecular weight excluding hydrogens is 340 g/mol. The first-order chi connectivity index (χ1) is 10.1. The number of ether oxygens (including phenoxy) is 1. The predicted octanol–water partition coefficient (Wildman–Crippen LogP) is 1.86. The van der Waals surface area contributed by atoms with Gasteiger partial charge in [-0.3, -0.25) is 4.79 Å². The normalized spacial score (nSPS) is 18.9. The molecule has 1 amide bonds. The minimum absolute atomic E-state index is 0.0207. The van der Waals surface area contributed by atoms with Crippen molar-refractivity contribution in [1.29, 1.82) is 0 Å². The van der Waals surface area contributed by atoms with Crippen molar-refractivity contribution in [1.82, 2.24) is 9.88 Å². The van der Waals surface area contributed by atoms with Gasteiger partial charge in [-0.25, -0.2) is 4.79 Å². The zero-order chi connectivity index (χ0) is 15.0. The number of H-pyrrole nitrogens is 1. The molecule has 0 spiro atoms. The number of hydrogen-bond acceptors (Lipinski definition) is 3. The van der Waals surface area contributed by atoms with Crippen LogP contribution < -0.4 is 0 Å². The highest BCUT2D eigenvalue weighted by Gasteiger charge is 2.33. The third-order valence-corrected chi connectivity index (χ3v) is 3.98. The van der Waals surface area contributed by atoms with Crippen molar-refractivity contribution in [2.45, 2.75) is 6.04 Å². The highest BCUT2D eigenvalue weighted by molar-refractivity contribution is 9.10. The topological polar surface area (TPSA) is 82.6 Å². The van der Waals surface area contributed by atoms with E-state index in [1.807, 2.05) is 18.2 Å².